The smallest absolute Gasteiger partial charge is 0.400 e. The number of nitrogens with zero attached hydrogens (tertiary/aromatic N) is 5. The molecule has 1 aliphatic heterocycles. The number of primary amides is 1. The molecule has 3 N–H and O–H groups in total. The molecule has 0 aliphatic carbocycles. The van der Waals surface area contributed by atoms with Gasteiger partial charge in [0.1, 0.15) is 11.5 Å². The Morgan fingerprint density at radius 2 is 1.66 bits per heavy atom. The van der Waals surface area contributed by atoms with E-state index in [9.17, 15) is 44.7 Å². The lowest BCUT2D eigenvalue weighted by Crippen LogP contribution is -2.24. The van der Waals surface area contributed by atoms with Crippen molar-refractivity contribution in [2.45, 2.75) is 0 Å². The largest absolute Gasteiger partial charge is 0.433 e. The molecule has 0 atom stereocenters. The number of hydrogen-bond acceptors (Lipinski definition) is 11. The Morgan fingerprint density at radius 1 is 1.06 bits per heavy atom. The number of carbonyl (C=O) groups excluding carboxylic acids is 3. The van der Waals surface area contributed by atoms with Crippen molar-refractivity contribution in [2.24, 2.45) is 10.8 Å². The maximum atomic E-state index is 11.1. The average Bonchev–Trinajstić information content (AvgIpc) is 3.32. The average molecular weight is 449 g/mol. The fourth-order valence-electron chi connectivity index (χ4n) is 2.11. The van der Waals surface area contributed by atoms with Crippen LogP contribution >= 0.6 is 0 Å². The minimum absolute atomic E-state index is 0.115. The second-order valence-corrected chi connectivity index (χ2v) is 5.71. The highest BCUT2D eigenvalue weighted by Crippen LogP contribution is 2.22. The van der Waals surface area contributed by atoms with E-state index in [1.54, 1.807) is 0 Å². The molecule has 1 aromatic heterocycles. The Labute approximate surface area is 175 Å². The van der Waals surface area contributed by atoms with Crippen LogP contribution in [0.3, 0.4) is 0 Å². The van der Waals surface area contributed by atoms with Gasteiger partial charge in [-0.05, 0) is 6.07 Å². The summed E-state index contributed by atoms with van der Waals surface area (Å²) in [6.07, 6.45) is 1.12. The number of nitro benzene ring substituents is 2. The number of nitro groups is 3. The molecular weight excluding hydrogens is 438 g/mol. The lowest BCUT2D eigenvalue weighted by Gasteiger charge is -2.02. The molecule has 2 aromatic rings. The zero-order valence-corrected chi connectivity index (χ0v) is 15.6. The van der Waals surface area contributed by atoms with Crippen molar-refractivity contribution in [2.75, 3.05) is 6.54 Å². The molecule has 0 spiro atoms. The van der Waals surface area contributed by atoms with E-state index in [2.05, 4.69) is 5.10 Å². The summed E-state index contributed by atoms with van der Waals surface area (Å²) in [4.78, 5) is 61.3. The molecule has 0 saturated carbocycles. The molecule has 0 unspecified atom stereocenters. The van der Waals surface area contributed by atoms with Gasteiger partial charge in [-0.25, -0.2) is 9.80 Å². The van der Waals surface area contributed by atoms with Crippen molar-refractivity contribution in [3.63, 3.8) is 0 Å². The number of rotatable bonds is 6. The monoisotopic (exact) mass is 449 g/mol. The summed E-state index contributed by atoms with van der Waals surface area (Å²) in [7, 11) is 0. The number of imide groups is 1. The lowest BCUT2D eigenvalue weighted by atomic mass is 10.1. The van der Waals surface area contributed by atoms with Crippen LogP contribution in [0.1, 0.15) is 16.1 Å². The number of carbonyl (C=O) groups is 3. The molecule has 17 nitrogen and oxygen atoms in total. The van der Waals surface area contributed by atoms with E-state index < -0.39 is 49.9 Å². The fraction of sp³-hybridized carbons (Fsp3) is 0.0667. The van der Waals surface area contributed by atoms with Gasteiger partial charge >= 0.3 is 11.9 Å². The molecule has 1 aliphatic rings. The van der Waals surface area contributed by atoms with E-state index >= 15 is 0 Å². The van der Waals surface area contributed by atoms with Crippen LogP contribution in [-0.4, -0.2) is 50.4 Å². The van der Waals surface area contributed by atoms with Gasteiger partial charge < -0.3 is 10.2 Å². The van der Waals surface area contributed by atoms with Crippen molar-refractivity contribution in [3.8, 4) is 0 Å². The molecule has 4 amide bonds. The minimum Gasteiger partial charge on any atom is -0.400 e. The summed E-state index contributed by atoms with van der Waals surface area (Å²) in [5, 5.41) is 37.6. The van der Waals surface area contributed by atoms with E-state index in [0.29, 0.717) is 0 Å². The molecule has 0 bridgehead atoms. The number of non-ortho nitro benzene ring substituents is 2. The highest BCUT2D eigenvalue weighted by molar-refractivity contribution is 6.02. The quantitative estimate of drug-likeness (QED) is 0.270. The van der Waals surface area contributed by atoms with Crippen molar-refractivity contribution in [1.82, 2.24) is 10.3 Å². The summed E-state index contributed by atoms with van der Waals surface area (Å²) in [6.45, 7) is -0.182. The van der Waals surface area contributed by atoms with Crippen LogP contribution in [0.25, 0.3) is 0 Å². The van der Waals surface area contributed by atoms with Crippen LogP contribution in [-0.2, 0) is 4.79 Å². The Hall–Kier alpha value is -5.22. The summed E-state index contributed by atoms with van der Waals surface area (Å²) in [6, 6.07) is 4.37. The van der Waals surface area contributed by atoms with E-state index in [0.717, 1.165) is 35.5 Å². The predicted molar refractivity (Wildman–Crippen MR) is 101 cm³/mol. The van der Waals surface area contributed by atoms with Gasteiger partial charge in [-0.2, -0.15) is 5.10 Å². The zero-order valence-electron chi connectivity index (χ0n) is 15.6. The van der Waals surface area contributed by atoms with Crippen LogP contribution in [0.2, 0.25) is 0 Å². The fourth-order valence-corrected chi connectivity index (χ4v) is 2.11. The summed E-state index contributed by atoms with van der Waals surface area (Å²) in [5.41, 5.74) is 3.51. The van der Waals surface area contributed by atoms with Gasteiger partial charge in [0.2, 0.25) is 11.8 Å². The first-order valence-electron chi connectivity index (χ1n) is 8.11. The predicted octanol–water partition coefficient (Wildman–Crippen LogP) is 0.675. The second-order valence-electron chi connectivity index (χ2n) is 5.71. The third-order valence-corrected chi connectivity index (χ3v) is 3.50. The Morgan fingerprint density at radius 3 is 2.06 bits per heavy atom. The number of nitrogens with one attached hydrogen (secondary N) is 1. The van der Waals surface area contributed by atoms with E-state index in [-0.39, 0.29) is 17.9 Å². The third-order valence-electron chi connectivity index (χ3n) is 3.50. The highest BCUT2D eigenvalue weighted by Gasteiger charge is 2.26. The molecular formula is C15H11N7O10. The maximum Gasteiger partial charge on any atom is 0.433 e. The summed E-state index contributed by atoms with van der Waals surface area (Å²) < 4.78 is 4.78. The van der Waals surface area contributed by atoms with Crippen molar-refractivity contribution in [1.29, 1.82) is 0 Å². The van der Waals surface area contributed by atoms with Gasteiger partial charge in [0.15, 0.2) is 5.76 Å². The topological polar surface area (TPSA) is 247 Å². The molecule has 166 valence electrons. The van der Waals surface area contributed by atoms with Gasteiger partial charge in [-0.3, -0.25) is 45.2 Å². The second kappa shape index (κ2) is 9.52. The van der Waals surface area contributed by atoms with Crippen LogP contribution in [0.4, 0.5) is 22.1 Å². The first-order chi connectivity index (χ1) is 15.0. The van der Waals surface area contributed by atoms with Gasteiger partial charge in [-0.15, -0.1) is 0 Å². The zero-order chi connectivity index (χ0) is 24.0. The van der Waals surface area contributed by atoms with Crippen LogP contribution < -0.4 is 11.1 Å². The van der Waals surface area contributed by atoms with Gasteiger partial charge in [-0.1, -0.05) is 0 Å². The van der Waals surface area contributed by atoms with E-state index in [1.807, 2.05) is 5.32 Å². The van der Waals surface area contributed by atoms with E-state index in [1.165, 1.54) is 6.07 Å². The van der Waals surface area contributed by atoms with Crippen LogP contribution in [0.5, 0.6) is 0 Å². The Bertz CT molecular complexity index is 1080. The first-order valence-corrected chi connectivity index (χ1v) is 8.11. The number of hydrogen-bond donors (Lipinski definition) is 2. The number of urea groups is 1. The molecule has 3 rings (SSSR count). The van der Waals surface area contributed by atoms with Crippen molar-refractivity contribution >= 4 is 41.3 Å². The van der Waals surface area contributed by atoms with Gasteiger partial charge in [0.05, 0.1) is 33.8 Å². The summed E-state index contributed by atoms with van der Waals surface area (Å²) >= 11 is 0. The maximum absolute atomic E-state index is 11.1. The first kappa shape index (κ1) is 23.1. The standard InChI is InChI=1S/C8H6N4O5.C7H5N3O5/c13-6-4-11(8(14)10-6)9-3-5-1-2-7(17-5)12(15)16;8-7(11)4-1-5(9(12)13)3-6(2-4)10(14)15/h1-3H,4H2,(H,10,13,14);1-3H,(H2,8,11)/b9-3+;. The molecule has 32 heavy (non-hydrogen) atoms. The van der Waals surface area contributed by atoms with Gasteiger partial charge in [0.25, 0.3) is 11.4 Å². The lowest BCUT2D eigenvalue weighted by molar-refractivity contribution is -0.402. The molecule has 0 radical (unpaired) electrons. The summed E-state index contributed by atoms with van der Waals surface area (Å²) in [5.74, 6) is -1.73. The number of furan rings is 1. The minimum atomic E-state index is -0.957. The number of benzene rings is 1. The van der Waals surface area contributed by atoms with Crippen LogP contribution in [0.15, 0.2) is 39.9 Å². The number of amides is 4. The molecule has 1 aromatic carbocycles. The molecule has 17 heteroatoms. The molecule has 1 fully saturated rings. The van der Waals surface area contributed by atoms with Crippen molar-refractivity contribution < 1.29 is 33.6 Å². The Balaban J connectivity index is 0.000000229. The highest BCUT2D eigenvalue weighted by atomic mass is 16.7. The van der Waals surface area contributed by atoms with Crippen LogP contribution in [0, 0.1) is 30.3 Å². The SMILES string of the molecule is NC(=O)c1cc([N+](=O)[O-])cc([N+](=O)[O-])c1.O=C1CN(/N=C/c2ccc([N+](=O)[O-])o2)C(=O)N1. The van der Waals surface area contributed by atoms with Gasteiger partial charge in [0, 0.05) is 12.1 Å². The molecule has 1 saturated heterocycles. The third kappa shape index (κ3) is 5.89. The van der Waals surface area contributed by atoms with E-state index in [4.69, 9.17) is 10.2 Å². The number of hydrazone groups is 1. The Kier molecular flexibility index (Phi) is 6.86. The van der Waals surface area contributed by atoms with Crippen molar-refractivity contribution in [3.05, 3.63) is 72.0 Å². The normalized spacial score (nSPS) is 12.8. The number of nitrogens with two attached hydrogens (primary N) is 1. The molecule has 2 heterocycles.